The van der Waals surface area contributed by atoms with Gasteiger partial charge in [-0.15, -0.1) is 0 Å². The van der Waals surface area contributed by atoms with E-state index in [9.17, 15) is 0 Å². The summed E-state index contributed by atoms with van der Waals surface area (Å²) in [5, 5.41) is 6.50. The lowest BCUT2D eigenvalue weighted by atomic mass is 10.3. The van der Waals surface area contributed by atoms with Gasteiger partial charge in [0.25, 0.3) is 0 Å². The van der Waals surface area contributed by atoms with Crippen LogP contribution in [0.5, 0.6) is 0 Å². The van der Waals surface area contributed by atoms with Crippen LogP contribution in [0.1, 0.15) is 5.56 Å². The second-order valence-corrected chi connectivity index (χ2v) is 2.48. The molecule has 0 radical (unpaired) electrons. The maximum Gasteiger partial charge on any atom is 0.0462 e. The lowest BCUT2D eigenvalue weighted by Gasteiger charge is -1.90. The number of pyridine rings is 1. The molecule has 0 atom stereocenters. The number of nitriles is 1. The summed E-state index contributed by atoms with van der Waals surface area (Å²) >= 11 is 3.33. The molecule has 1 heterocycles. The molecule has 0 unspecified atom stereocenters. The van der Waals surface area contributed by atoms with Crippen molar-refractivity contribution in [2.45, 2.75) is 6.92 Å². The molecule has 0 amide bonds. The van der Waals surface area contributed by atoms with Crippen molar-refractivity contribution in [3.63, 3.8) is 0 Å². The van der Waals surface area contributed by atoms with Gasteiger partial charge in [0.1, 0.15) is 0 Å². The monoisotopic (exact) mass is 198 g/mol. The fourth-order valence-electron chi connectivity index (χ4n) is 0.445. The number of hydrogen-bond donors (Lipinski definition) is 0. The zero-order valence-electron chi connectivity index (χ0n) is 5.58. The second kappa shape index (κ2) is 4.95. The van der Waals surface area contributed by atoms with Gasteiger partial charge in [0.05, 0.1) is 0 Å². The summed E-state index contributed by atoms with van der Waals surface area (Å²) in [5.74, 6) is 0. The molecule has 1 aromatic heterocycles. The van der Waals surface area contributed by atoms with Crippen LogP contribution in [0.2, 0.25) is 0 Å². The molecule has 0 N–H and O–H groups in total. The summed E-state index contributed by atoms with van der Waals surface area (Å²) in [5.41, 5.74) is 1.22. The second-order valence-electron chi connectivity index (χ2n) is 1.62. The van der Waals surface area contributed by atoms with Gasteiger partial charge in [-0.25, -0.2) is 5.26 Å². The van der Waals surface area contributed by atoms with Crippen molar-refractivity contribution in [2.24, 2.45) is 0 Å². The van der Waals surface area contributed by atoms with E-state index in [0.717, 1.165) is 4.47 Å². The van der Waals surface area contributed by atoms with Crippen LogP contribution in [0, 0.1) is 18.8 Å². The van der Waals surface area contributed by atoms with Gasteiger partial charge in [0.15, 0.2) is 0 Å². The highest BCUT2D eigenvalue weighted by molar-refractivity contribution is 9.10. The standard InChI is InChI=1S/C6H6BrN.CHN/c1-5-2-3-8-4-6(5)7;1-2/h2-4H,1H3;1H. The van der Waals surface area contributed by atoms with E-state index in [0.29, 0.717) is 0 Å². The molecule has 0 saturated heterocycles. The third-order valence-electron chi connectivity index (χ3n) is 0.975. The number of nitrogens with zero attached hydrogens (tertiary/aromatic N) is 2. The van der Waals surface area contributed by atoms with Crippen molar-refractivity contribution < 1.29 is 0 Å². The predicted molar refractivity (Wildman–Crippen MR) is 43.3 cm³/mol. The first kappa shape index (κ1) is 9.12. The maximum atomic E-state index is 6.50. The van der Waals surface area contributed by atoms with Crippen LogP contribution in [0.4, 0.5) is 0 Å². The number of aryl methyl sites for hydroxylation is 1. The Labute approximate surface area is 68.6 Å². The van der Waals surface area contributed by atoms with E-state index in [4.69, 9.17) is 5.26 Å². The van der Waals surface area contributed by atoms with E-state index in [1.807, 2.05) is 13.0 Å². The van der Waals surface area contributed by atoms with E-state index in [-0.39, 0.29) is 0 Å². The molecule has 1 aromatic rings. The van der Waals surface area contributed by atoms with E-state index < -0.39 is 0 Å². The molecule has 0 aromatic carbocycles. The Bertz CT molecular complexity index is 199. The van der Waals surface area contributed by atoms with Crippen molar-refractivity contribution >= 4 is 15.9 Å². The van der Waals surface area contributed by atoms with Crippen LogP contribution in [0.3, 0.4) is 0 Å². The summed E-state index contributed by atoms with van der Waals surface area (Å²) in [6, 6.07) is 1.96. The zero-order valence-corrected chi connectivity index (χ0v) is 7.17. The largest absolute Gasteiger partial charge is 0.264 e. The minimum atomic E-state index is 1.07. The van der Waals surface area contributed by atoms with Gasteiger partial charge in [-0.3, -0.25) is 4.98 Å². The lowest BCUT2D eigenvalue weighted by molar-refractivity contribution is 1.26. The van der Waals surface area contributed by atoms with E-state index in [1.54, 1.807) is 12.4 Å². The normalized spacial score (nSPS) is 7.60. The lowest BCUT2D eigenvalue weighted by Crippen LogP contribution is -1.74. The molecule has 0 aliphatic carbocycles. The number of halogens is 1. The van der Waals surface area contributed by atoms with Crippen molar-refractivity contribution in [2.75, 3.05) is 0 Å². The van der Waals surface area contributed by atoms with Gasteiger partial charge in [0.2, 0.25) is 0 Å². The Balaban J connectivity index is 0.000000371. The van der Waals surface area contributed by atoms with Crippen molar-refractivity contribution in [3.8, 4) is 6.57 Å². The van der Waals surface area contributed by atoms with Crippen LogP contribution in [-0.2, 0) is 0 Å². The first-order valence-corrected chi connectivity index (χ1v) is 3.42. The molecule has 0 bridgehead atoms. The summed E-state index contributed by atoms with van der Waals surface area (Å²) in [6.07, 6.45) is 3.56. The van der Waals surface area contributed by atoms with E-state index in [1.165, 1.54) is 5.56 Å². The topological polar surface area (TPSA) is 36.7 Å². The van der Waals surface area contributed by atoms with Crippen LogP contribution in [-0.4, -0.2) is 4.98 Å². The molecule has 2 nitrogen and oxygen atoms in total. The summed E-state index contributed by atoms with van der Waals surface area (Å²) < 4.78 is 1.07. The Morgan fingerprint density at radius 3 is 2.50 bits per heavy atom. The first-order valence-electron chi connectivity index (χ1n) is 2.62. The molecule has 3 heteroatoms. The molecule has 0 aliphatic heterocycles. The molecule has 1 rings (SSSR count). The molecule has 52 valence electrons. The average molecular weight is 199 g/mol. The third kappa shape index (κ3) is 2.60. The molecule has 0 fully saturated rings. The summed E-state index contributed by atoms with van der Waals surface area (Å²) in [7, 11) is 0. The fraction of sp³-hybridized carbons (Fsp3) is 0.143. The van der Waals surface area contributed by atoms with Crippen LogP contribution < -0.4 is 0 Å². The van der Waals surface area contributed by atoms with Crippen molar-refractivity contribution in [1.29, 1.82) is 5.26 Å². The fourth-order valence-corrected chi connectivity index (χ4v) is 0.695. The molecule has 0 saturated carbocycles. The smallest absolute Gasteiger partial charge is 0.0462 e. The highest BCUT2D eigenvalue weighted by Crippen LogP contribution is 2.11. The first-order chi connectivity index (χ1) is 4.80. The zero-order chi connectivity index (χ0) is 7.98. The maximum absolute atomic E-state index is 6.50. The van der Waals surface area contributed by atoms with Crippen LogP contribution in [0.15, 0.2) is 22.9 Å². The minimum Gasteiger partial charge on any atom is -0.264 e. The van der Waals surface area contributed by atoms with E-state index >= 15 is 0 Å². The third-order valence-corrected chi connectivity index (χ3v) is 1.81. The van der Waals surface area contributed by atoms with Gasteiger partial charge in [0, 0.05) is 23.4 Å². The Hall–Kier alpha value is -0.880. The molecular weight excluding hydrogens is 192 g/mol. The van der Waals surface area contributed by atoms with Crippen molar-refractivity contribution in [1.82, 2.24) is 4.98 Å². The Morgan fingerprint density at radius 1 is 1.60 bits per heavy atom. The van der Waals surface area contributed by atoms with Crippen molar-refractivity contribution in [3.05, 3.63) is 28.5 Å². The molecule has 0 spiro atoms. The highest BCUT2D eigenvalue weighted by Gasteiger charge is 1.87. The Morgan fingerprint density at radius 2 is 2.20 bits per heavy atom. The van der Waals surface area contributed by atoms with Gasteiger partial charge < -0.3 is 0 Å². The highest BCUT2D eigenvalue weighted by atomic mass is 79.9. The molecular formula is C7H7BrN2. The van der Waals surface area contributed by atoms with Gasteiger partial charge in [-0.05, 0) is 34.5 Å². The van der Waals surface area contributed by atoms with Gasteiger partial charge in [-0.2, -0.15) is 0 Å². The van der Waals surface area contributed by atoms with Crippen LogP contribution >= 0.6 is 15.9 Å². The quantitative estimate of drug-likeness (QED) is 0.642. The van der Waals surface area contributed by atoms with E-state index in [2.05, 4.69) is 27.5 Å². The van der Waals surface area contributed by atoms with Crippen LogP contribution in [0.25, 0.3) is 0 Å². The molecule has 0 aliphatic rings. The Kier molecular flexibility index (Phi) is 4.51. The predicted octanol–water partition coefficient (Wildman–Crippen LogP) is 2.29. The van der Waals surface area contributed by atoms with Gasteiger partial charge in [-0.1, -0.05) is 0 Å². The summed E-state index contributed by atoms with van der Waals surface area (Å²) in [4.78, 5) is 3.90. The SMILES string of the molecule is C#N.Cc1ccncc1Br. The summed E-state index contributed by atoms with van der Waals surface area (Å²) in [6.45, 7) is 5.53. The minimum absolute atomic E-state index is 1.07. The average Bonchev–Trinajstić information content (AvgIpc) is 2.00. The molecule has 10 heavy (non-hydrogen) atoms. The number of rotatable bonds is 0. The number of hydrogen-bond acceptors (Lipinski definition) is 2. The number of aromatic nitrogens is 1. The van der Waals surface area contributed by atoms with Gasteiger partial charge >= 0.3 is 0 Å².